The summed E-state index contributed by atoms with van der Waals surface area (Å²) in [6.07, 6.45) is 0. The number of nitrogens with zero attached hydrogens (tertiary/aromatic N) is 3. The molecular weight excluding hydrogens is 294 g/mol. The van der Waals surface area contributed by atoms with Crippen molar-refractivity contribution in [3.8, 4) is 22.8 Å². The number of carboxylic acids is 1. The van der Waals surface area contributed by atoms with Gasteiger partial charge in [0.05, 0.1) is 5.56 Å². The summed E-state index contributed by atoms with van der Waals surface area (Å²) in [6, 6.07) is 14.2. The van der Waals surface area contributed by atoms with Gasteiger partial charge in [0.15, 0.2) is 0 Å². The monoisotopic (exact) mass is 309 g/mol. The molecule has 1 heterocycles. The number of hydrogen-bond acceptors (Lipinski definition) is 5. The lowest BCUT2D eigenvalue weighted by molar-refractivity contribution is 0.0697. The summed E-state index contributed by atoms with van der Waals surface area (Å²) in [4.78, 5) is 17.4. The summed E-state index contributed by atoms with van der Waals surface area (Å²) in [5, 5.41) is 13.0. The van der Waals surface area contributed by atoms with Gasteiger partial charge in [-0.05, 0) is 36.4 Å². The summed E-state index contributed by atoms with van der Waals surface area (Å²) in [7, 11) is 3.94. The summed E-state index contributed by atoms with van der Waals surface area (Å²) < 4.78 is 5.28. The van der Waals surface area contributed by atoms with E-state index in [1.54, 1.807) is 12.1 Å². The van der Waals surface area contributed by atoms with Crippen molar-refractivity contribution in [1.82, 2.24) is 10.1 Å². The number of aromatic nitrogens is 2. The summed E-state index contributed by atoms with van der Waals surface area (Å²) in [5.41, 5.74) is 2.67. The van der Waals surface area contributed by atoms with E-state index in [1.165, 1.54) is 12.1 Å². The van der Waals surface area contributed by atoms with E-state index in [-0.39, 0.29) is 5.56 Å². The average Bonchev–Trinajstić information content (AvgIpc) is 3.05. The van der Waals surface area contributed by atoms with E-state index >= 15 is 0 Å². The molecule has 3 rings (SSSR count). The minimum absolute atomic E-state index is 0.184. The topological polar surface area (TPSA) is 79.5 Å². The van der Waals surface area contributed by atoms with Crippen LogP contribution in [0.3, 0.4) is 0 Å². The largest absolute Gasteiger partial charge is 0.478 e. The number of benzene rings is 2. The zero-order chi connectivity index (χ0) is 16.4. The molecule has 0 saturated heterocycles. The second kappa shape index (κ2) is 5.92. The molecule has 0 spiro atoms. The van der Waals surface area contributed by atoms with E-state index in [9.17, 15) is 4.79 Å². The second-order valence-electron chi connectivity index (χ2n) is 5.25. The summed E-state index contributed by atoms with van der Waals surface area (Å²) in [5.74, 6) is -0.235. The van der Waals surface area contributed by atoms with Gasteiger partial charge in [0.2, 0.25) is 5.82 Å². The molecule has 23 heavy (non-hydrogen) atoms. The Morgan fingerprint density at radius 3 is 2.48 bits per heavy atom. The van der Waals surface area contributed by atoms with Crippen LogP contribution >= 0.6 is 0 Å². The van der Waals surface area contributed by atoms with Crippen LogP contribution in [-0.2, 0) is 0 Å². The third-order valence-electron chi connectivity index (χ3n) is 3.42. The van der Waals surface area contributed by atoms with Crippen LogP contribution in [0.15, 0.2) is 53.1 Å². The van der Waals surface area contributed by atoms with Crippen molar-refractivity contribution < 1.29 is 14.4 Å². The molecule has 0 atom stereocenters. The van der Waals surface area contributed by atoms with Crippen molar-refractivity contribution in [1.29, 1.82) is 0 Å². The predicted molar refractivity (Wildman–Crippen MR) is 86.5 cm³/mol. The molecule has 116 valence electrons. The Hall–Kier alpha value is -3.15. The highest BCUT2D eigenvalue weighted by molar-refractivity contribution is 5.89. The van der Waals surface area contributed by atoms with Crippen LogP contribution in [0.4, 0.5) is 5.69 Å². The van der Waals surface area contributed by atoms with Gasteiger partial charge >= 0.3 is 5.97 Å². The smallest absolute Gasteiger partial charge is 0.335 e. The highest BCUT2D eigenvalue weighted by Crippen LogP contribution is 2.24. The van der Waals surface area contributed by atoms with Crippen LogP contribution in [-0.4, -0.2) is 35.3 Å². The van der Waals surface area contributed by atoms with Gasteiger partial charge in [-0.15, -0.1) is 0 Å². The molecule has 0 saturated carbocycles. The first-order chi connectivity index (χ1) is 11.0. The maximum atomic E-state index is 11.0. The van der Waals surface area contributed by atoms with E-state index in [1.807, 2.05) is 43.3 Å². The molecule has 2 aromatic carbocycles. The molecule has 0 amide bonds. The molecule has 6 nitrogen and oxygen atoms in total. The summed E-state index contributed by atoms with van der Waals surface area (Å²) in [6.45, 7) is 0. The lowest BCUT2D eigenvalue weighted by Crippen LogP contribution is -2.07. The highest BCUT2D eigenvalue weighted by atomic mass is 16.5. The third-order valence-corrected chi connectivity index (χ3v) is 3.42. The lowest BCUT2D eigenvalue weighted by atomic mass is 10.1. The molecule has 0 bridgehead atoms. The fourth-order valence-corrected chi connectivity index (χ4v) is 2.15. The Kier molecular flexibility index (Phi) is 3.80. The number of anilines is 1. The van der Waals surface area contributed by atoms with Gasteiger partial charge in [0.1, 0.15) is 0 Å². The number of hydrogen-bond donors (Lipinski definition) is 1. The molecule has 0 aliphatic carbocycles. The molecule has 1 aromatic heterocycles. The van der Waals surface area contributed by atoms with Crippen LogP contribution < -0.4 is 4.90 Å². The van der Waals surface area contributed by atoms with Crippen molar-refractivity contribution in [3.05, 3.63) is 54.1 Å². The maximum absolute atomic E-state index is 11.0. The fourth-order valence-electron chi connectivity index (χ4n) is 2.15. The molecule has 0 fully saturated rings. The van der Waals surface area contributed by atoms with Crippen LogP contribution in [0.25, 0.3) is 22.8 Å². The van der Waals surface area contributed by atoms with Gasteiger partial charge < -0.3 is 14.5 Å². The first-order valence-corrected chi connectivity index (χ1v) is 7.00. The van der Waals surface area contributed by atoms with Gasteiger partial charge in [-0.3, -0.25) is 0 Å². The van der Waals surface area contributed by atoms with E-state index in [0.717, 1.165) is 11.3 Å². The van der Waals surface area contributed by atoms with E-state index in [2.05, 4.69) is 10.1 Å². The Balaban J connectivity index is 1.91. The van der Waals surface area contributed by atoms with E-state index < -0.39 is 5.97 Å². The lowest BCUT2D eigenvalue weighted by Gasteiger charge is -2.11. The van der Waals surface area contributed by atoms with Crippen molar-refractivity contribution in [3.63, 3.8) is 0 Å². The minimum atomic E-state index is -0.991. The van der Waals surface area contributed by atoms with E-state index in [0.29, 0.717) is 17.3 Å². The number of carboxylic acid groups (broad SMARTS) is 1. The van der Waals surface area contributed by atoms with Gasteiger partial charge in [0, 0.05) is 30.9 Å². The van der Waals surface area contributed by atoms with E-state index in [4.69, 9.17) is 9.63 Å². The van der Waals surface area contributed by atoms with Gasteiger partial charge in [0.25, 0.3) is 5.89 Å². The third kappa shape index (κ3) is 3.06. The Bertz CT molecular complexity index is 838. The Morgan fingerprint density at radius 2 is 1.83 bits per heavy atom. The SMILES string of the molecule is CN(C)c1ccc(-c2nc(-c3cccc(C(=O)O)c3)no2)cc1. The molecule has 6 heteroatoms. The molecule has 0 aliphatic heterocycles. The van der Waals surface area contributed by atoms with Crippen LogP contribution in [0.5, 0.6) is 0 Å². The second-order valence-corrected chi connectivity index (χ2v) is 5.25. The van der Waals surface area contributed by atoms with Crippen molar-refractivity contribution in [2.75, 3.05) is 19.0 Å². The van der Waals surface area contributed by atoms with Crippen molar-refractivity contribution >= 4 is 11.7 Å². The highest BCUT2D eigenvalue weighted by Gasteiger charge is 2.12. The quantitative estimate of drug-likeness (QED) is 0.797. The molecule has 1 N–H and O–H groups in total. The average molecular weight is 309 g/mol. The number of rotatable bonds is 4. The molecule has 0 unspecified atom stereocenters. The Morgan fingerprint density at radius 1 is 1.09 bits per heavy atom. The molecular formula is C17H15N3O3. The summed E-state index contributed by atoms with van der Waals surface area (Å²) >= 11 is 0. The number of aromatic carboxylic acids is 1. The fraction of sp³-hybridized carbons (Fsp3) is 0.118. The zero-order valence-corrected chi connectivity index (χ0v) is 12.7. The first kappa shape index (κ1) is 14.8. The Labute approximate surface area is 133 Å². The van der Waals surface area contributed by atoms with Crippen molar-refractivity contribution in [2.45, 2.75) is 0 Å². The standard InChI is InChI=1S/C17H15N3O3/c1-20(2)14-8-6-11(7-9-14)16-18-15(19-23-16)12-4-3-5-13(10-12)17(21)22/h3-10H,1-2H3,(H,21,22). The molecule has 0 aliphatic rings. The normalized spacial score (nSPS) is 10.5. The predicted octanol–water partition coefficient (Wildman–Crippen LogP) is 3.17. The first-order valence-electron chi connectivity index (χ1n) is 7.00. The van der Waals surface area contributed by atoms with Crippen LogP contribution in [0.1, 0.15) is 10.4 Å². The van der Waals surface area contributed by atoms with Gasteiger partial charge in [-0.25, -0.2) is 4.79 Å². The maximum Gasteiger partial charge on any atom is 0.335 e. The molecule has 3 aromatic rings. The number of carbonyl (C=O) groups is 1. The van der Waals surface area contributed by atoms with Crippen LogP contribution in [0.2, 0.25) is 0 Å². The van der Waals surface area contributed by atoms with Crippen LogP contribution in [0, 0.1) is 0 Å². The van der Waals surface area contributed by atoms with Gasteiger partial charge in [-0.1, -0.05) is 17.3 Å². The minimum Gasteiger partial charge on any atom is -0.478 e. The molecule has 0 radical (unpaired) electrons. The zero-order valence-electron chi connectivity index (χ0n) is 12.7. The van der Waals surface area contributed by atoms with Crippen molar-refractivity contribution in [2.24, 2.45) is 0 Å². The van der Waals surface area contributed by atoms with Gasteiger partial charge in [-0.2, -0.15) is 4.98 Å².